The summed E-state index contributed by atoms with van der Waals surface area (Å²) < 4.78 is 21.9. The van der Waals surface area contributed by atoms with Crippen LogP contribution in [-0.4, -0.2) is 56.1 Å². The number of nitrogens with zero attached hydrogens (tertiary/aromatic N) is 2. The lowest BCUT2D eigenvalue weighted by molar-refractivity contribution is -0.130. The van der Waals surface area contributed by atoms with Crippen LogP contribution in [0.1, 0.15) is 18.1 Å². The minimum absolute atomic E-state index is 0.0284. The molecule has 1 aromatic carbocycles. The molecule has 0 spiro atoms. The number of hydrogen-bond acceptors (Lipinski definition) is 4. The predicted octanol–water partition coefficient (Wildman–Crippen LogP) is 0.182. The molecule has 0 radical (unpaired) electrons. The van der Waals surface area contributed by atoms with E-state index in [9.17, 15) is 13.2 Å². The SMILES string of the molecule is CC(=O)N1CCN(Cc2ccc(CCS(N)(=O)=O)cc2)CC1. The maximum Gasteiger partial charge on any atom is 0.219 e. The maximum atomic E-state index is 11.3. The molecule has 1 saturated heterocycles. The molecule has 1 aromatic rings. The van der Waals surface area contributed by atoms with Gasteiger partial charge in [-0.05, 0) is 17.5 Å². The van der Waals surface area contributed by atoms with Crippen molar-refractivity contribution in [2.45, 2.75) is 19.9 Å². The van der Waals surface area contributed by atoms with Gasteiger partial charge in [-0.2, -0.15) is 0 Å². The zero-order valence-electron chi connectivity index (χ0n) is 12.9. The first-order valence-electron chi connectivity index (χ1n) is 7.40. The molecule has 0 aromatic heterocycles. The Bertz CT molecular complexity index is 605. The molecule has 1 fully saturated rings. The molecule has 7 heteroatoms. The van der Waals surface area contributed by atoms with Crippen LogP contribution in [0.5, 0.6) is 0 Å². The van der Waals surface area contributed by atoms with E-state index in [0.717, 1.165) is 38.3 Å². The predicted molar refractivity (Wildman–Crippen MR) is 85.7 cm³/mol. The largest absolute Gasteiger partial charge is 0.340 e. The van der Waals surface area contributed by atoms with Crippen molar-refractivity contribution in [3.8, 4) is 0 Å². The van der Waals surface area contributed by atoms with Crippen molar-refractivity contribution >= 4 is 15.9 Å². The van der Waals surface area contributed by atoms with Crippen LogP contribution in [0.2, 0.25) is 0 Å². The summed E-state index contributed by atoms with van der Waals surface area (Å²) in [5.41, 5.74) is 2.16. The zero-order valence-corrected chi connectivity index (χ0v) is 13.7. The van der Waals surface area contributed by atoms with Crippen molar-refractivity contribution in [3.63, 3.8) is 0 Å². The van der Waals surface area contributed by atoms with Crippen molar-refractivity contribution in [3.05, 3.63) is 35.4 Å². The van der Waals surface area contributed by atoms with Crippen LogP contribution in [0.3, 0.4) is 0 Å². The Balaban J connectivity index is 1.83. The van der Waals surface area contributed by atoms with Crippen LogP contribution in [-0.2, 0) is 27.8 Å². The summed E-state index contributed by atoms with van der Waals surface area (Å²) in [4.78, 5) is 15.5. The van der Waals surface area contributed by atoms with Gasteiger partial charge in [-0.1, -0.05) is 24.3 Å². The normalized spacial score (nSPS) is 16.7. The number of primary sulfonamides is 1. The second-order valence-electron chi connectivity index (χ2n) is 5.72. The van der Waals surface area contributed by atoms with Crippen LogP contribution in [0, 0.1) is 0 Å². The van der Waals surface area contributed by atoms with E-state index in [4.69, 9.17) is 5.14 Å². The van der Waals surface area contributed by atoms with Crippen LogP contribution in [0.15, 0.2) is 24.3 Å². The van der Waals surface area contributed by atoms with Crippen LogP contribution in [0.4, 0.5) is 0 Å². The monoisotopic (exact) mass is 325 g/mol. The van der Waals surface area contributed by atoms with Gasteiger partial charge in [-0.25, -0.2) is 13.6 Å². The van der Waals surface area contributed by atoms with Gasteiger partial charge in [0.05, 0.1) is 5.75 Å². The van der Waals surface area contributed by atoms with Gasteiger partial charge in [0, 0.05) is 39.6 Å². The fourth-order valence-corrected chi connectivity index (χ4v) is 3.07. The van der Waals surface area contributed by atoms with E-state index in [1.54, 1.807) is 6.92 Å². The van der Waals surface area contributed by atoms with E-state index in [2.05, 4.69) is 4.90 Å². The highest BCUT2D eigenvalue weighted by atomic mass is 32.2. The standard InChI is InChI=1S/C15H23N3O3S/c1-13(19)18-9-7-17(8-10-18)12-15-4-2-14(3-5-15)6-11-22(16,20)21/h2-5H,6-12H2,1H3,(H2,16,20,21). The third kappa shape index (κ3) is 5.40. The highest BCUT2D eigenvalue weighted by molar-refractivity contribution is 7.89. The molecule has 2 N–H and O–H groups in total. The van der Waals surface area contributed by atoms with Gasteiger partial charge in [-0.3, -0.25) is 9.69 Å². The molecule has 122 valence electrons. The quantitative estimate of drug-likeness (QED) is 0.837. The lowest BCUT2D eigenvalue weighted by Crippen LogP contribution is -2.47. The summed E-state index contributed by atoms with van der Waals surface area (Å²) in [5.74, 6) is 0.109. The molecule has 0 saturated carbocycles. The molecule has 6 nitrogen and oxygen atoms in total. The number of piperazine rings is 1. The maximum absolute atomic E-state index is 11.3. The molecule has 1 aliphatic heterocycles. The Morgan fingerprint density at radius 3 is 2.14 bits per heavy atom. The third-order valence-corrected chi connectivity index (χ3v) is 4.70. The van der Waals surface area contributed by atoms with Gasteiger partial charge in [0.2, 0.25) is 15.9 Å². The van der Waals surface area contributed by atoms with E-state index < -0.39 is 10.0 Å². The number of aryl methyl sites for hydroxylation is 1. The molecule has 22 heavy (non-hydrogen) atoms. The summed E-state index contributed by atoms with van der Waals surface area (Å²) in [7, 11) is -3.41. The zero-order chi connectivity index (χ0) is 16.2. The Labute approximate surface area is 131 Å². The van der Waals surface area contributed by atoms with Crippen molar-refractivity contribution in [1.29, 1.82) is 0 Å². The molecule has 0 bridgehead atoms. The molecular formula is C15H23N3O3S. The third-order valence-electron chi connectivity index (χ3n) is 3.92. The lowest BCUT2D eigenvalue weighted by Gasteiger charge is -2.34. The van der Waals surface area contributed by atoms with Crippen molar-refractivity contribution < 1.29 is 13.2 Å². The van der Waals surface area contributed by atoms with E-state index in [0.29, 0.717) is 6.42 Å². The van der Waals surface area contributed by atoms with E-state index >= 15 is 0 Å². The first-order chi connectivity index (χ1) is 10.3. The van der Waals surface area contributed by atoms with Gasteiger partial charge in [0.15, 0.2) is 0 Å². The van der Waals surface area contributed by atoms with Gasteiger partial charge in [-0.15, -0.1) is 0 Å². The molecule has 1 amide bonds. The molecule has 0 atom stereocenters. The summed E-state index contributed by atoms with van der Waals surface area (Å²) in [5, 5.41) is 5.01. The number of hydrogen-bond donors (Lipinski definition) is 1. The summed E-state index contributed by atoms with van der Waals surface area (Å²) in [6.07, 6.45) is 0.441. The molecule has 0 aliphatic carbocycles. The fourth-order valence-electron chi connectivity index (χ4n) is 2.55. The van der Waals surface area contributed by atoms with Crippen LogP contribution in [0.25, 0.3) is 0 Å². The van der Waals surface area contributed by atoms with Gasteiger partial charge >= 0.3 is 0 Å². The Kier molecular flexibility index (Phi) is 5.55. The van der Waals surface area contributed by atoms with Crippen molar-refractivity contribution in [2.24, 2.45) is 5.14 Å². The molecule has 1 heterocycles. The van der Waals surface area contributed by atoms with Gasteiger partial charge in [0.25, 0.3) is 0 Å². The average Bonchev–Trinajstić information content (AvgIpc) is 2.46. The molecule has 1 aliphatic rings. The number of nitrogens with two attached hydrogens (primary N) is 1. The summed E-state index contributed by atoms with van der Waals surface area (Å²) in [6, 6.07) is 7.95. The van der Waals surface area contributed by atoms with Crippen LogP contribution < -0.4 is 5.14 Å². The molecule has 0 unspecified atom stereocenters. The van der Waals surface area contributed by atoms with Crippen molar-refractivity contribution in [1.82, 2.24) is 9.80 Å². The second-order valence-corrected chi connectivity index (χ2v) is 7.45. The van der Waals surface area contributed by atoms with Crippen LogP contribution >= 0.6 is 0 Å². The molecule has 2 rings (SSSR count). The Morgan fingerprint density at radius 2 is 1.64 bits per heavy atom. The number of amides is 1. The highest BCUT2D eigenvalue weighted by Gasteiger charge is 2.18. The smallest absolute Gasteiger partial charge is 0.219 e. The minimum Gasteiger partial charge on any atom is -0.340 e. The average molecular weight is 325 g/mol. The topological polar surface area (TPSA) is 83.7 Å². The number of sulfonamides is 1. The van der Waals surface area contributed by atoms with Gasteiger partial charge in [0.1, 0.15) is 0 Å². The highest BCUT2D eigenvalue weighted by Crippen LogP contribution is 2.11. The van der Waals surface area contributed by atoms with Gasteiger partial charge < -0.3 is 4.90 Å². The lowest BCUT2D eigenvalue weighted by atomic mass is 10.1. The molecular weight excluding hydrogens is 302 g/mol. The first kappa shape index (κ1) is 16.9. The van der Waals surface area contributed by atoms with Crippen molar-refractivity contribution in [2.75, 3.05) is 31.9 Å². The van der Waals surface area contributed by atoms with E-state index in [1.807, 2.05) is 29.2 Å². The Morgan fingerprint density at radius 1 is 1.09 bits per heavy atom. The first-order valence-corrected chi connectivity index (χ1v) is 9.11. The minimum atomic E-state index is -3.41. The second kappa shape index (κ2) is 7.21. The number of carbonyl (C=O) groups is 1. The Hall–Kier alpha value is -1.44. The number of rotatable bonds is 5. The summed E-state index contributed by atoms with van der Waals surface area (Å²) in [6.45, 7) is 5.78. The number of benzene rings is 1. The number of carbonyl (C=O) groups excluding carboxylic acids is 1. The summed E-state index contributed by atoms with van der Waals surface area (Å²) >= 11 is 0. The van der Waals surface area contributed by atoms with E-state index in [1.165, 1.54) is 5.56 Å². The fraction of sp³-hybridized carbons (Fsp3) is 0.533. The van der Waals surface area contributed by atoms with E-state index in [-0.39, 0.29) is 11.7 Å².